The summed E-state index contributed by atoms with van der Waals surface area (Å²) in [5.74, 6) is 0.623. The van der Waals surface area contributed by atoms with E-state index in [2.05, 4.69) is 20.4 Å². The molecule has 22 heavy (non-hydrogen) atoms. The highest BCUT2D eigenvalue weighted by atomic mass is 32.1. The molecule has 0 aromatic carbocycles. The number of rotatable bonds is 5. The number of nitrogens with one attached hydrogen (secondary N) is 1. The second kappa shape index (κ2) is 7.48. The van der Waals surface area contributed by atoms with Crippen LogP contribution >= 0.6 is 11.3 Å². The van der Waals surface area contributed by atoms with Gasteiger partial charge in [0.1, 0.15) is 10.0 Å². The number of amides is 1. The van der Waals surface area contributed by atoms with Gasteiger partial charge in [0, 0.05) is 19.1 Å². The Balaban J connectivity index is 1.37. The minimum atomic E-state index is 0.112. The van der Waals surface area contributed by atoms with Crippen LogP contribution in [0.15, 0.2) is 0 Å². The highest BCUT2D eigenvalue weighted by Gasteiger charge is 2.24. The van der Waals surface area contributed by atoms with Gasteiger partial charge in [-0.1, -0.05) is 0 Å². The first kappa shape index (κ1) is 15.8. The van der Waals surface area contributed by atoms with Crippen molar-refractivity contribution in [1.29, 1.82) is 0 Å². The second-order valence-corrected chi connectivity index (χ2v) is 7.36. The summed E-state index contributed by atoms with van der Waals surface area (Å²) in [6.45, 7) is 5.88. The molecule has 1 atom stereocenters. The summed E-state index contributed by atoms with van der Waals surface area (Å²) in [5.41, 5.74) is 0. The third-order valence-electron chi connectivity index (χ3n) is 4.40. The SMILES string of the molecule is Cc1nnc(C2CCN(CC(=O)NC[C@H]3CCCO3)CC2)s1. The molecule has 0 radical (unpaired) electrons. The van der Waals surface area contributed by atoms with E-state index < -0.39 is 0 Å². The molecule has 1 N–H and O–H groups in total. The molecule has 2 aliphatic rings. The molecule has 2 saturated heterocycles. The monoisotopic (exact) mass is 324 g/mol. The molecule has 2 aliphatic heterocycles. The first-order chi connectivity index (χ1) is 10.7. The van der Waals surface area contributed by atoms with Crippen LogP contribution < -0.4 is 5.32 Å². The molecule has 1 amide bonds. The van der Waals surface area contributed by atoms with E-state index in [4.69, 9.17) is 4.74 Å². The first-order valence-corrected chi connectivity index (χ1v) is 8.93. The molecule has 0 unspecified atom stereocenters. The van der Waals surface area contributed by atoms with Crippen LogP contribution in [0, 0.1) is 6.92 Å². The lowest BCUT2D eigenvalue weighted by Gasteiger charge is -2.30. The summed E-state index contributed by atoms with van der Waals surface area (Å²) in [7, 11) is 0. The highest BCUT2D eigenvalue weighted by Crippen LogP contribution is 2.29. The van der Waals surface area contributed by atoms with Gasteiger partial charge < -0.3 is 10.1 Å². The molecule has 3 heterocycles. The molecule has 6 nitrogen and oxygen atoms in total. The van der Waals surface area contributed by atoms with Gasteiger partial charge in [-0.2, -0.15) is 0 Å². The summed E-state index contributed by atoms with van der Waals surface area (Å²) in [4.78, 5) is 14.2. The van der Waals surface area contributed by atoms with Crippen LogP contribution in [0.2, 0.25) is 0 Å². The van der Waals surface area contributed by atoms with Crippen LogP contribution in [0.25, 0.3) is 0 Å². The van der Waals surface area contributed by atoms with Gasteiger partial charge in [-0.05, 0) is 45.7 Å². The van der Waals surface area contributed by atoms with Gasteiger partial charge in [-0.3, -0.25) is 9.69 Å². The van der Waals surface area contributed by atoms with E-state index in [9.17, 15) is 4.79 Å². The van der Waals surface area contributed by atoms with Crippen molar-refractivity contribution in [2.24, 2.45) is 0 Å². The van der Waals surface area contributed by atoms with Crippen LogP contribution in [0.4, 0.5) is 0 Å². The third kappa shape index (κ3) is 4.24. The van der Waals surface area contributed by atoms with Gasteiger partial charge >= 0.3 is 0 Å². The maximum Gasteiger partial charge on any atom is 0.234 e. The van der Waals surface area contributed by atoms with Gasteiger partial charge in [0.25, 0.3) is 0 Å². The van der Waals surface area contributed by atoms with E-state index in [1.54, 1.807) is 11.3 Å². The van der Waals surface area contributed by atoms with Crippen LogP contribution in [0.3, 0.4) is 0 Å². The van der Waals surface area contributed by atoms with Crippen molar-refractivity contribution in [2.75, 3.05) is 32.8 Å². The molecule has 1 aromatic rings. The molecule has 7 heteroatoms. The summed E-state index contributed by atoms with van der Waals surface area (Å²) in [6, 6.07) is 0. The van der Waals surface area contributed by atoms with E-state index in [1.807, 2.05) is 6.92 Å². The van der Waals surface area contributed by atoms with E-state index in [-0.39, 0.29) is 12.0 Å². The highest BCUT2D eigenvalue weighted by molar-refractivity contribution is 7.11. The van der Waals surface area contributed by atoms with Crippen molar-refractivity contribution in [2.45, 2.75) is 44.6 Å². The molecule has 0 aliphatic carbocycles. The number of hydrogen-bond donors (Lipinski definition) is 1. The minimum Gasteiger partial charge on any atom is -0.376 e. The first-order valence-electron chi connectivity index (χ1n) is 8.11. The van der Waals surface area contributed by atoms with E-state index >= 15 is 0 Å². The van der Waals surface area contributed by atoms with Crippen LogP contribution in [-0.4, -0.2) is 59.9 Å². The summed E-state index contributed by atoms with van der Waals surface area (Å²) in [5, 5.41) is 13.5. The zero-order chi connectivity index (χ0) is 15.4. The Morgan fingerprint density at radius 3 is 2.82 bits per heavy atom. The lowest BCUT2D eigenvalue weighted by atomic mass is 9.98. The molecule has 0 saturated carbocycles. The second-order valence-electron chi connectivity index (χ2n) is 6.15. The predicted molar refractivity (Wildman–Crippen MR) is 85.0 cm³/mol. The Morgan fingerprint density at radius 1 is 1.36 bits per heavy atom. The number of aromatic nitrogens is 2. The predicted octanol–water partition coefficient (Wildman–Crippen LogP) is 1.32. The van der Waals surface area contributed by atoms with Crippen molar-refractivity contribution in [1.82, 2.24) is 20.4 Å². The Morgan fingerprint density at radius 2 is 2.18 bits per heavy atom. The zero-order valence-corrected chi connectivity index (χ0v) is 13.9. The van der Waals surface area contributed by atoms with Crippen molar-refractivity contribution < 1.29 is 9.53 Å². The average molecular weight is 324 g/mol. The molecule has 3 rings (SSSR count). The minimum absolute atomic E-state index is 0.112. The molecule has 2 fully saturated rings. The smallest absolute Gasteiger partial charge is 0.234 e. The van der Waals surface area contributed by atoms with Gasteiger partial charge in [-0.15, -0.1) is 21.5 Å². The van der Waals surface area contributed by atoms with Crippen molar-refractivity contribution in [3.8, 4) is 0 Å². The lowest BCUT2D eigenvalue weighted by molar-refractivity contribution is -0.123. The van der Waals surface area contributed by atoms with Crippen molar-refractivity contribution in [3.63, 3.8) is 0 Å². The maximum absolute atomic E-state index is 12.0. The summed E-state index contributed by atoms with van der Waals surface area (Å²) < 4.78 is 5.52. The van der Waals surface area contributed by atoms with Gasteiger partial charge in [0.05, 0.1) is 12.6 Å². The van der Waals surface area contributed by atoms with Gasteiger partial charge in [-0.25, -0.2) is 0 Å². The Hall–Kier alpha value is -1.05. The molecule has 0 bridgehead atoms. The Kier molecular flexibility index (Phi) is 5.38. The van der Waals surface area contributed by atoms with Gasteiger partial charge in [0.15, 0.2) is 0 Å². The van der Waals surface area contributed by atoms with Crippen LogP contribution in [-0.2, 0) is 9.53 Å². The molecule has 122 valence electrons. The number of carbonyl (C=O) groups excluding carboxylic acids is 1. The molecular formula is C15H24N4O2S. The van der Waals surface area contributed by atoms with Crippen molar-refractivity contribution >= 4 is 17.2 Å². The largest absolute Gasteiger partial charge is 0.376 e. The maximum atomic E-state index is 12.0. The number of piperidine rings is 1. The number of nitrogens with zero attached hydrogens (tertiary/aromatic N) is 3. The number of likely N-dealkylation sites (tertiary alicyclic amines) is 1. The zero-order valence-electron chi connectivity index (χ0n) is 13.1. The quantitative estimate of drug-likeness (QED) is 0.885. The summed E-state index contributed by atoms with van der Waals surface area (Å²) in [6.07, 6.45) is 4.52. The standard InChI is InChI=1S/C15H24N4O2S/c1-11-17-18-15(22-11)12-4-6-19(7-5-12)10-14(20)16-9-13-3-2-8-21-13/h12-13H,2-10H2,1H3,(H,16,20)/t13-/m1/s1. The Bertz CT molecular complexity index is 493. The average Bonchev–Trinajstić information content (AvgIpc) is 3.17. The molecule has 1 aromatic heterocycles. The topological polar surface area (TPSA) is 67.4 Å². The normalized spacial score (nSPS) is 23.8. The Labute approximate surface area is 135 Å². The fourth-order valence-corrected chi connectivity index (χ4v) is 3.98. The molecule has 0 spiro atoms. The molecular weight excluding hydrogens is 300 g/mol. The number of hydrogen-bond acceptors (Lipinski definition) is 6. The van der Waals surface area contributed by atoms with Crippen LogP contribution in [0.1, 0.15) is 41.6 Å². The fourth-order valence-electron chi connectivity index (χ4n) is 3.11. The fraction of sp³-hybridized carbons (Fsp3) is 0.800. The lowest BCUT2D eigenvalue weighted by Crippen LogP contribution is -2.42. The third-order valence-corrected chi connectivity index (χ3v) is 5.40. The number of aryl methyl sites for hydroxylation is 1. The summed E-state index contributed by atoms with van der Waals surface area (Å²) >= 11 is 1.70. The van der Waals surface area contributed by atoms with Crippen LogP contribution in [0.5, 0.6) is 0 Å². The number of ether oxygens (including phenoxy) is 1. The van der Waals surface area contributed by atoms with E-state index in [1.165, 1.54) is 0 Å². The van der Waals surface area contributed by atoms with Gasteiger partial charge in [0.2, 0.25) is 5.91 Å². The van der Waals surface area contributed by atoms with E-state index in [0.717, 1.165) is 55.4 Å². The van der Waals surface area contributed by atoms with E-state index in [0.29, 0.717) is 19.0 Å². The number of carbonyl (C=O) groups is 1. The van der Waals surface area contributed by atoms with Crippen molar-refractivity contribution in [3.05, 3.63) is 10.0 Å².